The van der Waals surface area contributed by atoms with Gasteiger partial charge in [-0.15, -0.1) is 11.3 Å². The van der Waals surface area contributed by atoms with E-state index < -0.39 is 0 Å². The van der Waals surface area contributed by atoms with Crippen molar-refractivity contribution in [3.63, 3.8) is 0 Å². The van der Waals surface area contributed by atoms with E-state index in [0.717, 1.165) is 30.8 Å². The Hall–Kier alpha value is -0.670. The SMILES string of the molecule is CC1(C(=O)c2cccs2)CCCNC1. The standard InChI is InChI=1S/C11H15NOS/c1-11(5-3-6-12-8-11)10(13)9-4-2-7-14-9/h2,4,7,12H,3,5-6,8H2,1H3. The summed E-state index contributed by atoms with van der Waals surface area (Å²) >= 11 is 1.55. The van der Waals surface area contributed by atoms with Gasteiger partial charge in [-0.3, -0.25) is 4.79 Å². The van der Waals surface area contributed by atoms with E-state index in [1.54, 1.807) is 11.3 Å². The Kier molecular flexibility index (Phi) is 2.70. The van der Waals surface area contributed by atoms with E-state index in [9.17, 15) is 4.79 Å². The second-order valence-electron chi connectivity index (χ2n) is 4.15. The Morgan fingerprint density at radius 1 is 1.64 bits per heavy atom. The zero-order valence-corrected chi connectivity index (χ0v) is 9.19. The Morgan fingerprint density at radius 2 is 2.50 bits per heavy atom. The minimum absolute atomic E-state index is 0.177. The molecule has 3 heteroatoms. The van der Waals surface area contributed by atoms with Crippen molar-refractivity contribution >= 4 is 17.1 Å². The van der Waals surface area contributed by atoms with E-state index >= 15 is 0 Å². The van der Waals surface area contributed by atoms with Gasteiger partial charge in [-0.1, -0.05) is 13.0 Å². The predicted molar refractivity (Wildman–Crippen MR) is 58.9 cm³/mol. The third-order valence-electron chi connectivity index (χ3n) is 2.89. The molecule has 0 aliphatic carbocycles. The fraction of sp³-hybridized carbons (Fsp3) is 0.545. The number of carbonyl (C=O) groups is 1. The number of piperidine rings is 1. The van der Waals surface area contributed by atoms with Gasteiger partial charge in [0.15, 0.2) is 5.78 Å². The van der Waals surface area contributed by atoms with E-state index in [2.05, 4.69) is 12.2 Å². The lowest BCUT2D eigenvalue weighted by Crippen LogP contribution is -2.43. The second kappa shape index (κ2) is 3.83. The summed E-state index contributed by atoms with van der Waals surface area (Å²) in [7, 11) is 0. The fourth-order valence-electron chi connectivity index (χ4n) is 1.96. The number of hydrogen-bond acceptors (Lipinski definition) is 3. The highest BCUT2D eigenvalue weighted by molar-refractivity contribution is 7.12. The number of Topliss-reactive ketones (excluding diaryl/α,β-unsaturated/α-hetero) is 1. The summed E-state index contributed by atoms with van der Waals surface area (Å²) in [6, 6.07) is 3.87. The van der Waals surface area contributed by atoms with Crippen molar-refractivity contribution in [2.45, 2.75) is 19.8 Å². The van der Waals surface area contributed by atoms with Crippen LogP contribution < -0.4 is 5.32 Å². The number of ketones is 1. The average molecular weight is 209 g/mol. The summed E-state index contributed by atoms with van der Waals surface area (Å²) in [5.41, 5.74) is -0.177. The van der Waals surface area contributed by atoms with Gasteiger partial charge in [0.25, 0.3) is 0 Å². The van der Waals surface area contributed by atoms with E-state index in [1.807, 2.05) is 17.5 Å². The van der Waals surface area contributed by atoms with Crippen molar-refractivity contribution in [3.05, 3.63) is 22.4 Å². The number of carbonyl (C=O) groups excluding carboxylic acids is 1. The fourth-order valence-corrected chi connectivity index (χ4v) is 2.77. The number of rotatable bonds is 2. The molecule has 2 rings (SSSR count). The van der Waals surface area contributed by atoms with Gasteiger partial charge < -0.3 is 5.32 Å². The molecule has 76 valence electrons. The van der Waals surface area contributed by atoms with Crippen LogP contribution in [0.4, 0.5) is 0 Å². The molecule has 2 nitrogen and oxygen atoms in total. The molecular weight excluding hydrogens is 194 g/mol. The number of hydrogen-bond donors (Lipinski definition) is 1. The summed E-state index contributed by atoms with van der Waals surface area (Å²) < 4.78 is 0. The highest BCUT2D eigenvalue weighted by atomic mass is 32.1. The molecule has 14 heavy (non-hydrogen) atoms. The van der Waals surface area contributed by atoms with Gasteiger partial charge in [-0.25, -0.2) is 0 Å². The molecular formula is C11H15NOS. The van der Waals surface area contributed by atoms with Gasteiger partial charge in [0.05, 0.1) is 4.88 Å². The zero-order chi connectivity index (χ0) is 10.0. The number of nitrogens with one attached hydrogen (secondary N) is 1. The maximum Gasteiger partial charge on any atom is 0.179 e. The van der Waals surface area contributed by atoms with Crippen molar-refractivity contribution < 1.29 is 4.79 Å². The molecule has 1 unspecified atom stereocenters. The molecule has 2 heterocycles. The molecule has 1 saturated heterocycles. The molecule has 0 radical (unpaired) electrons. The van der Waals surface area contributed by atoms with Gasteiger partial charge in [0, 0.05) is 12.0 Å². The van der Waals surface area contributed by atoms with Gasteiger partial charge >= 0.3 is 0 Å². The quantitative estimate of drug-likeness (QED) is 0.757. The van der Waals surface area contributed by atoms with E-state index in [1.165, 1.54) is 0 Å². The van der Waals surface area contributed by atoms with Gasteiger partial charge in [0.1, 0.15) is 0 Å². The molecule has 1 aromatic heterocycles. The largest absolute Gasteiger partial charge is 0.316 e. The van der Waals surface area contributed by atoms with Crippen LogP contribution in [0, 0.1) is 5.41 Å². The molecule has 1 aromatic rings. The Bertz CT molecular complexity index is 312. The number of thiophene rings is 1. The first kappa shape index (κ1) is 9.87. The predicted octanol–water partition coefficient (Wildman–Crippen LogP) is 2.32. The molecule has 1 aliphatic heterocycles. The lowest BCUT2D eigenvalue weighted by molar-refractivity contribution is 0.0777. The van der Waals surface area contributed by atoms with Crippen LogP contribution >= 0.6 is 11.3 Å². The Labute approximate surface area is 88.3 Å². The molecule has 0 spiro atoms. The first-order valence-corrected chi connectivity index (χ1v) is 5.89. The highest BCUT2D eigenvalue weighted by Crippen LogP contribution is 2.31. The Balaban J connectivity index is 2.17. The monoisotopic (exact) mass is 209 g/mol. The van der Waals surface area contributed by atoms with Crippen LogP contribution in [0.25, 0.3) is 0 Å². The average Bonchev–Trinajstić information content (AvgIpc) is 2.70. The molecule has 0 aromatic carbocycles. The molecule has 1 N–H and O–H groups in total. The Morgan fingerprint density at radius 3 is 3.07 bits per heavy atom. The van der Waals surface area contributed by atoms with Crippen LogP contribution in [0.1, 0.15) is 29.4 Å². The lowest BCUT2D eigenvalue weighted by atomic mass is 9.78. The molecule has 1 fully saturated rings. The third-order valence-corrected chi connectivity index (χ3v) is 3.76. The summed E-state index contributed by atoms with van der Waals surface area (Å²) in [6.45, 7) is 3.94. The van der Waals surface area contributed by atoms with Crippen LogP contribution in [0.2, 0.25) is 0 Å². The van der Waals surface area contributed by atoms with Crippen molar-refractivity contribution in [1.29, 1.82) is 0 Å². The van der Waals surface area contributed by atoms with Crippen molar-refractivity contribution in [3.8, 4) is 0 Å². The first-order valence-electron chi connectivity index (χ1n) is 5.01. The van der Waals surface area contributed by atoms with Crippen molar-refractivity contribution in [2.75, 3.05) is 13.1 Å². The van der Waals surface area contributed by atoms with Gasteiger partial charge in [0.2, 0.25) is 0 Å². The molecule has 0 amide bonds. The van der Waals surface area contributed by atoms with Gasteiger partial charge in [-0.2, -0.15) is 0 Å². The van der Waals surface area contributed by atoms with Crippen molar-refractivity contribution in [2.24, 2.45) is 5.41 Å². The second-order valence-corrected chi connectivity index (χ2v) is 5.10. The maximum absolute atomic E-state index is 12.2. The zero-order valence-electron chi connectivity index (χ0n) is 8.38. The van der Waals surface area contributed by atoms with E-state index in [4.69, 9.17) is 0 Å². The first-order chi connectivity index (χ1) is 6.72. The molecule has 1 atom stereocenters. The van der Waals surface area contributed by atoms with Crippen LogP contribution in [-0.4, -0.2) is 18.9 Å². The summed E-state index contributed by atoms with van der Waals surface area (Å²) in [5.74, 6) is 0.305. The van der Waals surface area contributed by atoms with E-state index in [-0.39, 0.29) is 5.41 Å². The molecule has 0 saturated carbocycles. The summed E-state index contributed by atoms with van der Waals surface area (Å²) in [6.07, 6.45) is 2.12. The molecule has 0 bridgehead atoms. The normalized spacial score (nSPS) is 27.5. The van der Waals surface area contributed by atoms with Crippen LogP contribution in [-0.2, 0) is 0 Å². The van der Waals surface area contributed by atoms with Crippen LogP contribution in [0.15, 0.2) is 17.5 Å². The highest BCUT2D eigenvalue weighted by Gasteiger charge is 2.35. The lowest BCUT2D eigenvalue weighted by Gasteiger charge is -2.32. The topological polar surface area (TPSA) is 29.1 Å². The maximum atomic E-state index is 12.2. The van der Waals surface area contributed by atoms with E-state index in [0.29, 0.717) is 5.78 Å². The van der Waals surface area contributed by atoms with Crippen LogP contribution in [0.5, 0.6) is 0 Å². The summed E-state index contributed by atoms with van der Waals surface area (Å²) in [5, 5.41) is 5.27. The van der Waals surface area contributed by atoms with Gasteiger partial charge in [-0.05, 0) is 30.8 Å². The summed E-state index contributed by atoms with van der Waals surface area (Å²) in [4.78, 5) is 13.1. The van der Waals surface area contributed by atoms with Crippen molar-refractivity contribution in [1.82, 2.24) is 5.32 Å². The minimum Gasteiger partial charge on any atom is -0.316 e. The third kappa shape index (κ3) is 1.74. The molecule has 1 aliphatic rings. The van der Waals surface area contributed by atoms with Crippen LogP contribution in [0.3, 0.4) is 0 Å². The smallest absolute Gasteiger partial charge is 0.179 e. The minimum atomic E-state index is -0.177.